The molecule has 0 spiro atoms. The Hall–Kier alpha value is -2.93. The van der Waals surface area contributed by atoms with Gasteiger partial charge in [0.1, 0.15) is 12.2 Å². The van der Waals surface area contributed by atoms with Crippen molar-refractivity contribution in [2.75, 3.05) is 26.2 Å². The number of aromatic nitrogens is 1. The monoisotopic (exact) mass is 423 g/mol. The van der Waals surface area contributed by atoms with E-state index in [1.165, 1.54) is 0 Å². The van der Waals surface area contributed by atoms with E-state index < -0.39 is 6.61 Å². The predicted molar refractivity (Wildman–Crippen MR) is 117 cm³/mol. The summed E-state index contributed by atoms with van der Waals surface area (Å²) in [6, 6.07) is 9.93. The number of hydrogen-bond donors (Lipinski definition) is 1. The number of rotatable bonds is 5. The van der Waals surface area contributed by atoms with Crippen LogP contribution in [0.15, 0.2) is 41.3 Å². The number of hydrogen-bond acceptors (Lipinski definition) is 4. The maximum absolute atomic E-state index is 13.4. The SMILES string of the molecule is O=C(CO)N1CCc2c(cn(CCc3ccccc3)c(=O)c2C(=O)N2CCCCC2)C1. The molecule has 1 aromatic carbocycles. The number of fused-ring (bicyclic) bond motifs is 1. The Morgan fingerprint density at radius 1 is 0.968 bits per heavy atom. The molecule has 31 heavy (non-hydrogen) atoms. The second-order valence-electron chi connectivity index (χ2n) is 8.32. The van der Waals surface area contributed by atoms with Gasteiger partial charge in [-0.1, -0.05) is 30.3 Å². The van der Waals surface area contributed by atoms with E-state index in [-0.39, 0.29) is 22.9 Å². The molecule has 0 aliphatic carbocycles. The van der Waals surface area contributed by atoms with Crippen molar-refractivity contribution in [1.29, 1.82) is 0 Å². The van der Waals surface area contributed by atoms with Crippen LogP contribution >= 0.6 is 0 Å². The third kappa shape index (κ3) is 4.56. The van der Waals surface area contributed by atoms with Gasteiger partial charge in [0.15, 0.2) is 0 Å². The van der Waals surface area contributed by atoms with Crippen molar-refractivity contribution in [2.45, 2.75) is 45.2 Å². The Kier molecular flexibility index (Phi) is 6.51. The molecule has 2 aliphatic heterocycles. The summed E-state index contributed by atoms with van der Waals surface area (Å²) in [6.07, 6.45) is 5.95. The van der Waals surface area contributed by atoms with E-state index in [4.69, 9.17) is 0 Å². The summed E-state index contributed by atoms with van der Waals surface area (Å²) in [6.45, 7) is 2.00. The molecule has 2 aromatic rings. The molecule has 1 saturated heterocycles. The fraction of sp³-hybridized carbons (Fsp3) is 0.458. The minimum atomic E-state index is -0.539. The lowest BCUT2D eigenvalue weighted by atomic mass is 9.95. The van der Waals surface area contributed by atoms with Crippen molar-refractivity contribution in [2.24, 2.45) is 0 Å². The number of nitrogens with zero attached hydrogens (tertiary/aromatic N) is 3. The highest BCUT2D eigenvalue weighted by atomic mass is 16.3. The van der Waals surface area contributed by atoms with Gasteiger partial charge < -0.3 is 19.5 Å². The van der Waals surface area contributed by atoms with Crippen molar-refractivity contribution in [3.63, 3.8) is 0 Å². The highest BCUT2D eigenvalue weighted by Crippen LogP contribution is 2.23. The van der Waals surface area contributed by atoms with E-state index in [1.54, 1.807) is 20.6 Å². The smallest absolute Gasteiger partial charge is 0.263 e. The van der Waals surface area contributed by atoms with Gasteiger partial charge in [-0.15, -0.1) is 0 Å². The van der Waals surface area contributed by atoms with Crippen molar-refractivity contribution >= 4 is 11.8 Å². The van der Waals surface area contributed by atoms with Gasteiger partial charge in [0, 0.05) is 38.9 Å². The number of aryl methyl sites for hydroxylation is 2. The van der Waals surface area contributed by atoms with Crippen LogP contribution in [0.1, 0.15) is 46.3 Å². The number of amides is 2. The molecule has 0 saturated carbocycles. The number of carbonyl (C=O) groups excluding carboxylic acids is 2. The number of benzene rings is 1. The van der Waals surface area contributed by atoms with Gasteiger partial charge in [-0.3, -0.25) is 14.4 Å². The number of aliphatic hydroxyl groups is 1. The molecule has 164 valence electrons. The highest BCUT2D eigenvalue weighted by Gasteiger charge is 2.30. The zero-order valence-corrected chi connectivity index (χ0v) is 17.8. The molecule has 7 heteroatoms. The molecule has 1 fully saturated rings. The van der Waals surface area contributed by atoms with Gasteiger partial charge in [0.25, 0.3) is 11.5 Å². The van der Waals surface area contributed by atoms with E-state index >= 15 is 0 Å². The topological polar surface area (TPSA) is 82.8 Å². The van der Waals surface area contributed by atoms with Crippen molar-refractivity contribution < 1.29 is 14.7 Å². The fourth-order valence-corrected chi connectivity index (χ4v) is 4.56. The molecule has 2 aliphatic rings. The molecule has 2 amide bonds. The zero-order chi connectivity index (χ0) is 21.8. The Morgan fingerprint density at radius 2 is 1.71 bits per heavy atom. The van der Waals surface area contributed by atoms with Crippen LogP contribution in [0.4, 0.5) is 0 Å². The third-order valence-corrected chi connectivity index (χ3v) is 6.30. The first-order valence-corrected chi connectivity index (χ1v) is 11.1. The molecule has 0 atom stereocenters. The summed E-state index contributed by atoms with van der Waals surface area (Å²) in [5, 5.41) is 9.25. The molecule has 0 unspecified atom stereocenters. The van der Waals surface area contributed by atoms with Crippen LogP contribution in [0.25, 0.3) is 0 Å². The van der Waals surface area contributed by atoms with Crippen LogP contribution in [0.3, 0.4) is 0 Å². The first kappa shape index (κ1) is 21.3. The first-order valence-electron chi connectivity index (χ1n) is 11.1. The number of pyridine rings is 1. The van der Waals surface area contributed by atoms with E-state index in [1.807, 2.05) is 30.3 Å². The fourth-order valence-electron chi connectivity index (χ4n) is 4.56. The Bertz CT molecular complexity index is 1010. The van der Waals surface area contributed by atoms with Gasteiger partial charge in [-0.2, -0.15) is 0 Å². The summed E-state index contributed by atoms with van der Waals surface area (Å²) in [4.78, 5) is 42.2. The number of likely N-dealkylation sites (tertiary alicyclic amines) is 1. The van der Waals surface area contributed by atoms with E-state index in [0.717, 1.165) is 36.0 Å². The standard InChI is InChI=1S/C24H29N3O4/c28-17-21(29)26-14-10-20-19(15-26)16-27(13-9-18-7-3-1-4-8-18)24(31)22(20)23(30)25-11-5-2-6-12-25/h1,3-4,7-8,16,28H,2,5-6,9-15,17H2. The summed E-state index contributed by atoms with van der Waals surface area (Å²) in [5.41, 5.74) is 2.73. The Labute approximate surface area is 181 Å². The van der Waals surface area contributed by atoms with Crippen molar-refractivity contribution in [3.8, 4) is 0 Å². The largest absolute Gasteiger partial charge is 0.387 e. The predicted octanol–water partition coefficient (Wildman–Crippen LogP) is 1.59. The first-order chi connectivity index (χ1) is 15.1. The van der Waals surface area contributed by atoms with Crippen LogP contribution in [0, 0.1) is 0 Å². The van der Waals surface area contributed by atoms with Crippen LogP contribution < -0.4 is 5.56 Å². The molecule has 0 bridgehead atoms. The zero-order valence-electron chi connectivity index (χ0n) is 17.8. The lowest BCUT2D eigenvalue weighted by molar-refractivity contribution is -0.135. The summed E-state index contributed by atoms with van der Waals surface area (Å²) >= 11 is 0. The summed E-state index contributed by atoms with van der Waals surface area (Å²) < 4.78 is 1.62. The number of aliphatic hydroxyl groups excluding tert-OH is 1. The lowest BCUT2D eigenvalue weighted by Gasteiger charge is -2.32. The maximum atomic E-state index is 13.4. The van der Waals surface area contributed by atoms with Gasteiger partial charge >= 0.3 is 0 Å². The Morgan fingerprint density at radius 3 is 2.42 bits per heavy atom. The third-order valence-electron chi connectivity index (χ3n) is 6.30. The molecule has 3 heterocycles. The van der Waals surface area contributed by atoms with Gasteiger partial charge in [-0.25, -0.2) is 0 Å². The molecule has 7 nitrogen and oxygen atoms in total. The summed E-state index contributed by atoms with van der Waals surface area (Å²) in [7, 11) is 0. The second kappa shape index (κ2) is 9.47. The van der Waals surface area contributed by atoms with Crippen LogP contribution in [-0.4, -0.2) is 57.5 Å². The van der Waals surface area contributed by atoms with E-state index in [2.05, 4.69) is 0 Å². The molecule has 1 aromatic heterocycles. The maximum Gasteiger partial charge on any atom is 0.263 e. The van der Waals surface area contributed by atoms with Crippen LogP contribution in [0.2, 0.25) is 0 Å². The van der Waals surface area contributed by atoms with Crippen LogP contribution in [0.5, 0.6) is 0 Å². The summed E-state index contributed by atoms with van der Waals surface area (Å²) in [5.74, 6) is -0.520. The normalized spacial score (nSPS) is 16.2. The van der Waals surface area contributed by atoms with Gasteiger partial charge in [-0.05, 0) is 48.8 Å². The molecule has 0 radical (unpaired) electrons. The minimum Gasteiger partial charge on any atom is -0.387 e. The molecule has 4 rings (SSSR count). The van der Waals surface area contributed by atoms with E-state index in [0.29, 0.717) is 45.6 Å². The lowest BCUT2D eigenvalue weighted by Crippen LogP contribution is -2.44. The average molecular weight is 424 g/mol. The van der Waals surface area contributed by atoms with Gasteiger partial charge in [0.05, 0.1) is 0 Å². The van der Waals surface area contributed by atoms with Crippen molar-refractivity contribution in [1.82, 2.24) is 14.4 Å². The number of carbonyl (C=O) groups is 2. The molecular formula is C24H29N3O4. The van der Waals surface area contributed by atoms with Gasteiger partial charge in [0.2, 0.25) is 5.91 Å². The average Bonchev–Trinajstić information content (AvgIpc) is 2.82. The van der Waals surface area contributed by atoms with Crippen LogP contribution in [-0.2, 0) is 30.7 Å². The van der Waals surface area contributed by atoms with Crippen molar-refractivity contribution in [3.05, 3.63) is 69.1 Å². The highest BCUT2D eigenvalue weighted by molar-refractivity contribution is 5.96. The second-order valence-corrected chi connectivity index (χ2v) is 8.32. The quantitative estimate of drug-likeness (QED) is 0.792. The molecular weight excluding hydrogens is 394 g/mol. The number of piperidine rings is 1. The van der Waals surface area contributed by atoms with E-state index in [9.17, 15) is 19.5 Å². The molecule has 1 N–H and O–H groups in total. The minimum absolute atomic E-state index is 0.183. The Balaban J connectivity index is 1.70.